The number of hydrogen-bond acceptors (Lipinski definition) is 4. The molecule has 124 valence electrons. The highest BCUT2D eigenvalue weighted by atomic mass is 32.2. The van der Waals surface area contributed by atoms with Gasteiger partial charge in [0.1, 0.15) is 0 Å². The highest BCUT2D eigenvalue weighted by molar-refractivity contribution is 8.00. The predicted molar refractivity (Wildman–Crippen MR) is 97.1 cm³/mol. The average molecular weight is 341 g/mol. The number of benzene rings is 2. The quantitative estimate of drug-likeness (QED) is 0.850. The minimum atomic E-state index is -0.120. The Bertz CT molecular complexity index is 736. The van der Waals surface area contributed by atoms with Gasteiger partial charge in [-0.1, -0.05) is 30.3 Å². The first kappa shape index (κ1) is 16.4. The lowest BCUT2D eigenvalue weighted by molar-refractivity contribution is -0.121. The molecule has 2 aromatic rings. The third-order valence-corrected chi connectivity index (χ3v) is 4.85. The van der Waals surface area contributed by atoms with E-state index in [1.807, 2.05) is 54.6 Å². The van der Waals surface area contributed by atoms with Crippen LogP contribution in [0.3, 0.4) is 0 Å². The first-order chi connectivity index (χ1) is 11.6. The number of fused-ring (bicyclic) bond motifs is 1. The van der Waals surface area contributed by atoms with Gasteiger partial charge in [-0.3, -0.25) is 20.0 Å². The molecule has 0 saturated heterocycles. The van der Waals surface area contributed by atoms with E-state index in [-0.39, 0.29) is 18.2 Å². The smallest absolute Gasteiger partial charge is 0.240 e. The fourth-order valence-corrected chi connectivity index (χ4v) is 3.51. The summed E-state index contributed by atoms with van der Waals surface area (Å²) in [6.07, 6.45) is 0.252. The zero-order chi connectivity index (χ0) is 16.9. The lowest BCUT2D eigenvalue weighted by Crippen LogP contribution is -2.42. The molecule has 1 heterocycles. The average Bonchev–Trinajstić information content (AvgIpc) is 2.61. The molecule has 24 heavy (non-hydrogen) atoms. The summed E-state index contributed by atoms with van der Waals surface area (Å²) in [5, 5.41) is 1.68. The number of hydrazine groups is 1. The van der Waals surface area contributed by atoms with Gasteiger partial charge in [0.05, 0.1) is 17.1 Å². The molecule has 1 aliphatic heterocycles. The van der Waals surface area contributed by atoms with Crippen molar-refractivity contribution in [3.05, 3.63) is 54.6 Å². The Morgan fingerprint density at radius 3 is 2.67 bits per heavy atom. The topological polar surface area (TPSA) is 52.7 Å². The van der Waals surface area contributed by atoms with E-state index in [0.717, 1.165) is 16.3 Å². The standard InChI is InChI=1S/C18H19N3O2S/c1-20(14-7-3-2-4-8-14)19-17(22)11-12-21-15-9-5-6-10-16(15)24-13-18(21)23/h2-10H,11-13H2,1H3,(H,19,22). The Labute approximate surface area is 145 Å². The second kappa shape index (κ2) is 7.40. The summed E-state index contributed by atoms with van der Waals surface area (Å²) in [4.78, 5) is 27.2. The van der Waals surface area contributed by atoms with Gasteiger partial charge >= 0.3 is 0 Å². The van der Waals surface area contributed by atoms with Crippen molar-refractivity contribution >= 4 is 35.0 Å². The van der Waals surface area contributed by atoms with Crippen LogP contribution in [0.4, 0.5) is 11.4 Å². The molecule has 0 bridgehead atoms. The van der Waals surface area contributed by atoms with Crippen LogP contribution in [0.2, 0.25) is 0 Å². The van der Waals surface area contributed by atoms with Crippen molar-refractivity contribution in [3.63, 3.8) is 0 Å². The van der Waals surface area contributed by atoms with Crippen LogP contribution >= 0.6 is 11.8 Å². The van der Waals surface area contributed by atoms with Gasteiger partial charge in [-0.15, -0.1) is 11.8 Å². The monoisotopic (exact) mass is 341 g/mol. The van der Waals surface area contributed by atoms with Gasteiger partial charge in [-0.05, 0) is 24.3 Å². The summed E-state index contributed by atoms with van der Waals surface area (Å²) in [5.74, 6) is 0.343. The lowest BCUT2D eigenvalue weighted by atomic mass is 10.2. The molecule has 0 atom stereocenters. The fraction of sp³-hybridized carbons (Fsp3) is 0.222. The number of hydrogen-bond donors (Lipinski definition) is 1. The van der Waals surface area contributed by atoms with E-state index >= 15 is 0 Å². The van der Waals surface area contributed by atoms with Crippen molar-refractivity contribution in [2.75, 3.05) is 29.3 Å². The Morgan fingerprint density at radius 1 is 1.17 bits per heavy atom. The molecule has 5 nitrogen and oxygen atoms in total. The van der Waals surface area contributed by atoms with Gasteiger partial charge in [-0.25, -0.2) is 0 Å². The summed E-state index contributed by atoms with van der Waals surface area (Å²) in [7, 11) is 1.80. The Kier molecular flexibility index (Phi) is 5.05. The first-order valence-electron chi connectivity index (χ1n) is 7.75. The van der Waals surface area contributed by atoms with Crippen LogP contribution < -0.4 is 15.3 Å². The molecule has 0 fully saturated rings. The SMILES string of the molecule is CN(NC(=O)CCN1C(=O)CSc2ccccc21)c1ccccc1. The van der Waals surface area contributed by atoms with E-state index in [9.17, 15) is 9.59 Å². The van der Waals surface area contributed by atoms with Crippen LogP contribution in [0.5, 0.6) is 0 Å². The van der Waals surface area contributed by atoms with Crippen LogP contribution in [0.15, 0.2) is 59.5 Å². The molecule has 3 rings (SSSR count). The van der Waals surface area contributed by atoms with Crippen molar-refractivity contribution in [1.82, 2.24) is 5.43 Å². The highest BCUT2D eigenvalue weighted by Crippen LogP contribution is 2.34. The van der Waals surface area contributed by atoms with Crippen molar-refractivity contribution in [2.24, 2.45) is 0 Å². The molecule has 0 spiro atoms. The number of amides is 2. The Balaban J connectivity index is 1.59. The molecule has 0 radical (unpaired) electrons. The number of carbonyl (C=O) groups excluding carboxylic acids is 2. The van der Waals surface area contributed by atoms with E-state index in [4.69, 9.17) is 0 Å². The van der Waals surface area contributed by atoms with Gasteiger partial charge in [0.25, 0.3) is 0 Å². The van der Waals surface area contributed by atoms with E-state index in [0.29, 0.717) is 12.3 Å². The van der Waals surface area contributed by atoms with Gasteiger partial charge in [0, 0.05) is 24.9 Å². The third kappa shape index (κ3) is 3.71. The summed E-state index contributed by atoms with van der Waals surface area (Å²) in [6, 6.07) is 17.4. The number of nitrogens with zero attached hydrogens (tertiary/aromatic N) is 2. The minimum Gasteiger partial charge on any atom is -0.310 e. The van der Waals surface area contributed by atoms with Gasteiger partial charge < -0.3 is 4.90 Å². The van der Waals surface area contributed by atoms with E-state index in [1.165, 1.54) is 0 Å². The number of para-hydroxylation sites is 2. The number of nitrogens with one attached hydrogen (secondary N) is 1. The van der Waals surface area contributed by atoms with E-state index in [2.05, 4.69) is 5.43 Å². The molecule has 0 unspecified atom stereocenters. The molecular formula is C18H19N3O2S. The molecular weight excluding hydrogens is 322 g/mol. The van der Waals surface area contributed by atoms with Crippen LogP contribution in [-0.4, -0.2) is 31.2 Å². The zero-order valence-corrected chi connectivity index (χ0v) is 14.3. The fourth-order valence-electron chi connectivity index (χ4n) is 2.57. The number of carbonyl (C=O) groups is 2. The predicted octanol–water partition coefficient (Wildman–Crippen LogP) is 2.68. The molecule has 1 N–H and O–H groups in total. The van der Waals surface area contributed by atoms with Gasteiger partial charge in [0.15, 0.2) is 0 Å². The summed E-state index contributed by atoms with van der Waals surface area (Å²) in [5.41, 5.74) is 4.62. The maximum Gasteiger partial charge on any atom is 0.240 e. The molecule has 6 heteroatoms. The van der Waals surface area contributed by atoms with Crippen LogP contribution in [0.25, 0.3) is 0 Å². The molecule has 2 amide bonds. The maximum atomic E-state index is 12.2. The van der Waals surface area contributed by atoms with Crippen LogP contribution in [0.1, 0.15) is 6.42 Å². The molecule has 1 aliphatic rings. The van der Waals surface area contributed by atoms with Gasteiger partial charge in [-0.2, -0.15) is 0 Å². The Hall–Kier alpha value is -2.47. The Morgan fingerprint density at radius 2 is 1.88 bits per heavy atom. The van der Waals surface area contributed by atoms with E-state index in [1.54, 1.807) is 28.7 Å². The minimum absolute atomic E-state index is 0.0444. The second-order valence-corrected chi connectivity index (χ2v) is 6.50. The zero-order valence-electron chi connectivity index (χ0n) is 13.4. The van der Waals surface area contributed by atoms with E-state index < -0.39 is 0 Å². The molecule has 0 aromatic heterocycles. The van der Waals surface area contributed by atoms with Crippen LogP contribution in [0, 0.1) is 0 Å². The summed E-state index contributed by atoms with van der Waals surface area (Å²) in [6.45, 7) is 0.380. The molecule has 0 saturated carbocycles. The van der Waals surface area contributed by atoms with Crippen molar-refractivity contribution in [2.45, 2.75) is 11.3 Å². The number of anilines is 2. The largest absolute Gasteiger partial charge is 0.310 e. The summed E-state index contributed by atoms with van der Waals surface area (Å²) >= 11 is 1.54. The lowest BCUT2D eigenvalue weighted by Gasteiger charge is -2.29. The number of thioether (sulfide) groups is 1. The second-order valence-electron chi connectivity index (χ2n) is 5.48. The van der Waals surface area contributed by atoms with Crippen LogP contribution in [-0.2, 0) is 9.59 Å². The van der Waals surface area contributed by atoms with Crippen molar-refractivity contribution in [3.8, 4) is 0 Å². The normalized spacial score (nSPS) is 13.4. The van der Waals surface area contributed by atoms with Crippen molar-refractivity contribution in [1.29, 1.82) is 0 Å². The molecule has 2 aromatic carbocycles. The third-order valence-electron chi connectivity index (χ3n) is 3.81. The highest BCUT2D eigenvalue weighted by Gasteiger charge is 2.24. The first-order valence-corrected chi connectivity index (χ1v) is 8.74. The number of rotatable bonds is 5. The van der Waals surface area contributed by atoms with Crippen molar-refractivity contribution < 1.29 is 9.59 Å². The summed E-state index contributed by atoms with van der Waals surface area (Å²) < 4.78 is 0. The van der Waals surface area contributed by atoms with Gasteiger partial charge in [0.2, 0.25) is 11.8 Å². The molecule has 0 aliphatic carbocycles. The maximum absolute atomic E-state index is 12.2.